The molecular formula is C15H19N3. The van der Waals surface area contributed by atoms with Gasteiger partial charge in [-0.15, -0.1) is 0 Å². The summed E-state index contributed by atoms with van der Waals surface area (Å²) in [6.45, 7) is 2.32. The van der Waals surface area contributed by atoms with Gasteiger partial charge in [0.05, 0.1) is 17.9 Å². The molecule has 1 heterocycles. The summed E-state index contributed by atoms with van der Waals surface area (Å²) in [6, 6.07) is 9.20. The van der Waals surface area contributed by atoms with Gasteiger partial charge in [0.2, 0.25) is 0 Å². The number of nitrogens with zero attached hydrogens (tertiary/aromatic N) is 2. The van der Waals surface area contributed by atoms with E-state index in [4.69, 9.17) is 0 Å². The van der Waals surface area contributed by atoms with E-state index in [0.29, 0.717) is 12.0 Å². The van der Waals surface area contributed by atoms with Crippen LogP contribution < -0.4 is 5.32 Å². The highest BCUT2D eigenvalue weighted by Crippen LogP contribution is 2.38. The van der Waals surface area contributed by atoms with Gasteiger partial charge in [0.25, 0.3) is 0 Å². The van der Waals surface area contributed by atoms with Gasteiger partial charge in [-0.1, -0.05) is 31.2 Å². The Balaban J connectivity index is 1.88. The predicted octanol–water partition coefficient (Wildman–Crippen LogP) is 3.47. The number of benzene rings is 1. The zero-order valence-electron chi connectivity index (χ0n) is 10.9. The van der Waals surface area contributed by atoms with Crippen LogP contribution in [-0.2, 0) is 7.05 Å². The lowest BCUT2D eigenvalue weighted by Gasteiger charge is -2.30. The van der Waals surface area contributed by atoms with Crippen molar-refractivity contribution in [2.75, 3.05) is 5.32 Å². The maximum absolute atomic E-state index is 4.21. The Morgan fingerprint density at radius 3 is 2.72 bits per heavy atom. The number of fused-ring (bicyclic) bond motifs is 1. The van der Waals surface area contributed by atoms with Crippen LogP contribution in [0.1, 0.15) is 42.9 Å². The third-order valence-electron chi connectivity index (χ3n) is 3.84. The lowest BCUT2D eigenvalue weighted by molar-refractivity contribution is 0.534. The molecule has 3 nitrogen and oxygen atoms in total. The van der Waals surface area contributed by atoms with Crippen molar-refractivity contribution in [1.29, 1.82) is 0 Å². The highest BCUT2D eigenvalue weighted by atomic mass is 15.3. The molecule has 2 unspecified atom stereocenters. The Kier molecular flexibility index (Phi) is 2.82. The second-order valence-electron chi connectivity index (χ2n) is 5.21. The number of nitrogens with one attached hydrogen (secondary N) is 1. The van der Waals surface area contributed by atoms with Crippen LogP contribution >= 0.6 is 0 Å². The Hall–Kier alpha value is -1.77. The van der Waals surface area contributed by atoms with E-state index in [2.05, 4.69) is 41.6 Å². The molecule has 1 N–H and O–H groups in total. The molecule has 0 saturated heterocycles. The predicted molar refractivity (Wildman–Crippen MR) is 73.7 cm³/mol. The van der Waals surface area contributed by atoms with Crippen LogP contribution in [0.25, 0.3) is 0 Å². The fraction of sp³-hybridized carbons (Fsp3) is 0.400. The third kappa shape index (κ3) is 2.01. The standard InChI is InChI=1S/C15H19N3/c1-11-7-8-15(14-6-4-3-5-13(11)14)17-12-9-16-18(2)10-12/h3-6,9-11,15,17H,7-8H2,1-2H3. The van der Waals surface area contributed by atoms with E-state index >= 15 is 0 Å². The van der Waals surface area contributed by atoms with Gasteiger partial charge in [0, 0.05) is 13.2 Å². The second kappa shape index (κ2) is 4.48. The molecule has 1 aliphatic carbocycles. The normalized spacial score (nSPS) is 22.6. The van der Waals surface area contributed by atoms with Crippen LogP contribution in [0, 0.1) is 0 Å². The Morgan fingerprint density at radius 1 is 1.22 bits per heavy atom. The van der Waals surface area contributed by atoms with Crippen LogP contribution in [0.5, 0.6) is 0 Å². The summed E-state index contributed by atoms with van der Waals surface area (Å²) in [7, 11) is 1.95. The number of hydrogen-bond donors (Lipinski definition) is 1. The Labute approximate surface area is 108 Å². The van der Waals surface area contributed by atoms with Crippen molar-refractivity contribution < 1.29 is 0 Å². The van der Waals surface area contributed by atoms with Gasteiger partial charge in [0.1, 0.15) is 0 Å². The summed E-state index contributed by atoms with van der Waals surface area (Å²) in [4.78, 5) is 0. The van der Waals surface area contributed by atoms with E-state index in [1.165, 1.54) is 24.0 Å². The molecule has 0 radical (unpaired) electrons. The van der Waals surface area contributed by atoms with Crippen molar-refractivity contribution in [1.82, 2.24) is 9.78 Å². The van der Waals surface area contributed by atoms with Crippen molar-refractivity contribution in [3.8, 4) is 0 Å². The van der Waals surface area contributed by atoms with Crippen molar-refractivity contribution in [3.05, 3.63) is 47.8 Å². The summed E-state index contributed by atoms with van der Waals surface area (Å²) in [5.74, 6) is 0.674. The molecular weight excluding hydrogens is 222 g/mol. The van der Waals surface area contributed by atoms with E-state index in [0.717, 1.165) is 5.69 Å². The van der Waals surface area contributed by atoms with Crippen LogP contribution in [0.15, 0.2) is 36.7 Å². The first-order valence-corrected chi connectivity index (χ1v) is 6.58. The maximum atomic E-state index is 4.21. The summed E-state index contributed by atoms with van der Waals surface area (Å²) >= 11 is 0. The van der Waals surface area contributed by atoms with Gasteiger partial charge in [-0.2, -0.15) is 5.10 Å². The zero-order valence-corrected chi connectivity index (χ0v) is 10.9. The molecule has 3 rings (SSSR count). The summed E-state index contributed by atoms with van der Waals surface area (Å²) in [5.41, 5.74) is 4.04. The SMILES string of the molecule is CC1CCC(Nc2cnn(C)c2)c2ccccc21. The number of aromatic nitrogens is 2. The number of hydrogen-bond acceptors (Lipinski definition) is 2. The minimum atomic E-state index is 0.418. The molecule has 2 aromatic rings. The summed E-state index contributed by atoms with van der Waals surface area (Å²) < 4.78 is 1.83. The second-order valence-corrected chi connectivity index (χ2v) is 5.21. The molecule has 0 fully saturated rings. The van der Waals surface area contributed by atoms with Crippen LogP contribution in [0.4, 0.5) is 5.69 Å². The topological polar surface area (TPSA) is 29.9 Å². The minimum Gasteiger partial charge on any atom is -0.376 e. The van der Waals surface area contributed by atoms with Gasteiger partial charge in [0.15, 0.2) is 0 Å². The van der Waals surface area contributed by atoms with Crippen molar-refractivity contribution in [3.63, 3.8) is 0 Å². The molecule has 1 aromatic heterocycles. The fourth-order valence-corrected chi connectivity index (χ4v) is 2.85. The average Bonchev–Trinajstić information content (AvgIpc) is 2.79. The molecule has 2 atom stereocenters. The molecule has 1 aromatic carbocycles. The fourth-order valence-electron chi connectivity index (χ4n) is 2.85. The van der Waals surface area contributed by atoms with Crippen molar-refractivity contribution >= 4 is 5.69 Å². The molecule has 0 spiro atoms. The molecule has 3 heteroatoms. The number of aryl methyl sites for hydroxylation is 1. The molecule has 0 aliphatic heterocycles. The van der Waals surface area contributed by atoms with E-state index in [9.17, 15) is 0 Å². The summed E-state index contributed by atoms with van der Waals surface area (Å²) in [5, 5.41) is 7.80. The Morgan fingerprint density at radius 2 is 2.00 bits per heavy atom. The van der Waals surface area contributed by atoms with E-state index in [1.807, 2.05) is 24.1 Å². The molecule has 18 heavy (non-hydrogen) atoms. The first-order chi connectivity index (χ1) is 8.74. The van der Waals surface area contributed by atoms with E-state index in [-0.39, 0.29) is 0 Å². The van der Waals surface area contributed by atoms with Crippen molar-refractivity contribution in [2.24, 2.45) is 7.05 Å². The van der Waals surface area contributed by atoms with Crippen LogP contribution in [-0.4, -0.2) is 9.78 Å². The molecule has 0 saturated carbocycles. The molecule has 94 valence electrons. The van der Waals surface area contributed by atoms with Gasteiger partial charge < -0.3 is 5.32 Å². The van der Waals surface area contributed by atoms with E-state index < -0.39 is 0 Å². The molecule has 1 aliphatic rings. The maximum Gasteiger partial charge on any atom is 0.0731 e. The van der Waals surface area contributed by atoms with E-state index in [1.54, 1.807) is 0 Å². The lowest BCUT2D eigenvalue weighted by Crippen LogP contribution is -2.18. The lowest BCUT2D eigenvalue weighted by atomic mass is 9.81. The highest BCUT2D eigenvalue weighted by molar-refractivity contribution is 5.45. The largest absolute Gasteiger partial charge is 0.376 e. The highest BCUT2D eigenvalue weighted by Gasteiger charge is 2.24. The smallest absolute Gasteiger partial charge is 0.0731 e. The quantitative estimate of drug-likeness (QED) is 0.872. The zero-order chi connectivity index (χ0) is 12.5. The van der Waals surface area contributed by atoms with Crippen LogP contribution in [0.2, 0.25) is 0 Å². The molecule has 0 amide bonds. The van der Waals surface area contributed by atoms with Gasteiger partial charge in [-0.05, 0) is 29.9 Å². The number of anilines is 1. The van der Waals surface area contributed by atoms with Gasteiger partial charge >= 0.3 is 0 Å². The number of rotatable bonds is 2. The Bertz CT molecular complexity index is 544. The minimum absolute atomic E-state index is 0.418. The van der Waals surface area contributed by atoms with Crippen molar-refractivity contribution in [2.45, 2.75) is 31.7 Å². The first-order valence-electron chi connectivity index (χ1n) is 6.58. The third-order valence-corrected chi connectivity index (χ3v) is 3.84. The monoisotopic (exact) mass is 241 g/mol. The molecule has 0 bridgehead atoms. The summed E-state index contributed by atoms with van der Waals surface area (Å²) in [6.07, 6.45) is 6.35. The van der Waals surface area contributed by atoms with Gasteiger partial charge in [-0.3, -0.25) is 4.68 Å². The van der Waals surface area contributed by atoms with Crippen LogP contribution in [0.3, 0.4) is 0 Å². The van der Waals surface area contributed by atoms with Gasteiger partial charge in [-0.25, -0.2) is 0 Å². The first kappa shape index (κ1) is 11.3. The average molecular weight is 241 g/mol.